The minimum Gasteiger partial charge on any atom is -0.452 e. The van der Waals surface area contributed by atoms with Gasteiger partial charge in [-0.25, -0.2) is 0 Å². The van der Waals surface area contributed by atoms with E-state index in [1.807, 2.05) is 26.8 Å². The number of hydrogen-bond donors (Lipinski definition) is 0. The van der Waals surface area contributed by atoms with Crippen molar-refractivity contribution in [3.8, 4) is 0 Å². The molecular weight excluding hydrogens is 284 g/mol. The van der Waals surface area contributed by atoms with Crippen LogP contribution in [0.5, 0.6) is 0 Å². The van der Waals surface area contributed by atoms with Gasteiger partial charge >= 0.3 is 5.97 Å². The third kappa shape index (κ3) is 4.16. The second kappa shape index (κ2) is 7.20. The van der Waals surface area contributed by atoms with Gasteiger partial charge in [0.25, 0.3) is 5.89 Å². The van der Waals surface area contributed by atoms with E-state index in [2.05, 4.69) is 15.2 Å². The van der Waals surface area contributed by atoms with E-state index in [0.29, 0.717) is 18.3 Å². The maximum atomic E-state index is 11.9. The highest BCUT2D eigenvalue weighted by atomic mass is 16.6. The fourth-order valence-electron chi connectivity index (χ4n) is 2.16. The molecule has 1 unspecified atom stereocenters. The van der Waals surface area contributed by atoms with Gasteiger partial charge in [-0.05, 0) is 33.3 Å². The summed E-state index contributed by atoms with van der Waals surface area (Å²) >= 11 is 0. The first kappa shape index (κ1) is 16.2. The summed E-state index contributed by atoms with van der Waals surface area (Å²) in [5.74, 6) is 0.668. The minimum absolute atomic E-state index is 0.252. The van der Waals surface area contributed by atoms with Crippen LogP contribution in [0.1, 0.15) is 55.9 Å². The molecule has 2 aromatic heterocycles. The smallest absolute Gasteiger partial charge is 0.308 e. The van der Waals surface area contributed by atoms with Gasteiger partial charge in [-0.1, -0.05) is 12.1 Å². The van der Waals surface area contributed by atoms with E-state index in [0.717, 1.165) is 24.2 Å². The molecule has 0 bridgehead atoms. The number of ether oxygens (including phenoxy) is 1. The number of aromatic nitrogens is 4. The van der Waals surface area contributed by atoms with E-state index < -0.39 is 6.10 Å². The Kier molecular flexibility index (Phi) is 5.30. The standard InChI is InChI=1S/C15H22N4O3/c1-5-6-13-16-15(22-18-13)12(4)21-14(20)7-8-19-11(3)9-10(2)17-19/h9,12H,5-8H2,1-4H3. The number of nitrogens with zero attached hydrogens (tertiary/aromatic N) is 4. The van der Waals surface area contributed by atoms with Crippen molar-refractivity contribution >= 4 is 5.97 Å². The molecule has 2 heterocycles. The Morgan fingerprint density at radius 1 is 1.45 bits per heavy atom. The van der Waals surface area contributed by atoms with Gasteiger partial charge in [0.1, 0.15) is 0 Å². The van der Waals surface area contributed by atoms with Crippen molar-refractivity contribution in [1.29, 1.82) is 0 Å². The molecule has 120 valence electrons. The summed E-state index contributed by atoms with van der Waals surface area (Å²) in [5.41, 5.74) is 1.97. The largest absolute Gasteiger partial charge is 0.452 e. The van der Waals surface area contributed by atoms with Crippen molar-refractivity contribution in [2.45, 2.75) is 59.6 Å². The summed E-state index contributed by atoms with van der Waals surface area (Å²) in [6, 6.07) is 1.97. The number of carbonyl (C=O) groups is 1. The first-order valence-electron chi connectivity index (χ1n) is 7.52. The Morgan fingerprint density at radius 2 is 2.23 bits per heavy atom. The third-order valence-electron chi connectivity index (χ3n) is 3.24. The number of rotatable bonds is 7. The van der Waals surface area contributed by atoms with E-state index in [1.54, 1.807) is 11.6 Å². The quantitative estimate of drug-likeness (QED) is 0.731. The van der Waals surface area contributed by atoms with Gasteiger partial charge in [0, 0.05) is 12.1 Å². The van der Waals surface area contributed by atoms with E-state index >= 15 is 0 Å². The molecule has 7 heteroatoms. The monoisotopic (exact) mass is 306 g/mol. The zero-order valence-corrected chi connectivity index (χ0v) is 13.5. The Morgan fingerprint density at radius 3 is 2.86 bits per heavy atom. The second-order valence-corrected chi connectivity index (χ2v) is 5.33. The predicted octanol–water partition coefficient (Wildman–Crippen LogP) is 2.53. The first-order chi connectivity index (χ1) is 10.5. The molecule has 0 saturated heterocycles. The van der Waals surface area contributed by atoms with Crippen molar-refractivity contribution in [3.05, 3.63) is 29.2 Å². The highest BCUT2D eigenvalue weighted by Crippen LogP contribution is 2.16. The summed E-state index contributed by atoms with van der Waals surface area (Å²) in [5, 5.41) is 8.16. The highest BCUT2D eigenvalue weighted by Gasteiger charge is 2.18. The number of carbonyl (C=O) groups excluding carboxylic acids is 1. The summed E-state index contributed by atoms with van der Waals surface area (Å²) in [6.45, 7) is 8.15. The van der Waals surface area contributed by atoms with Crippen LogP contribution >= 0.6 is 0 Å². The van der Waals surface area contributed by atoms with Gasteiger partial charge in [-0.3, -0.25) is 9.48 Å². The first-order valence-corrected chi connectivity index (χ1v) is 7.52. The van der Waals surface area contributed by atoms with Crippen LogP contribution in [0.15, 0.2) is 10.6 Å². The Labute approximate surface area is 129 Å². The maximum absolute atomic E-state index is 11.9. The fraction of sp³-hybridized carbons (Fsp3) is 0.600. The van der Waals surface area contributed by atoms with Crippen LogP contribution < -0.4 is 0 Å². The molecule has 22 heavy (non-hydrogen) atoms. The average molecular weight is 306 g/mol. The Hall–Kier alpha value is -2.18. The van der Waals surface area contributed by atoms with E-state index in [1.165, 1.54) is 0 Å². The minimum atomic E-state index is -0.536. The Bertz CT molecular complexity index is 633. The second-order valence-electron chi connectivity index (χ2n) is 5.33. The lowest BCUT2D eigenvalue weighted by molar-refractivity contribution is -0.150. The summed E-state index contributed by atoms with van der Waals surface area (Å²) in [4.78, 5) is 16.1. The van der Waals surface area contributed by atoms with Crippen LogP contribution in [0.25, 0.3) is 0 Å². The summed E-state index contributed by atoms with van der Waals surface area (Å²) in [7, 11) is 0. The molecule has 0 fully saturated rings. The summed E-state index contributed by atoms with van der Waals surface area (Å²) < 4.78 is 12.2. The van der Waals surface area contributed by atoms with Crippen molar-refractivity contribution < 1.29 is 14.1 Å². The average Bonchev–Trinajstić information content (AvgIpc) is 3.04. The molecule has 2 aromatic rings. The van der Waals surface area contributed by atoms with Crippen LogP contribution in [-0.2, 0) is 22.5 Å². The Balaban J connectivity index is 1.84. The molecule has 0 aliphatic rings. The van der Waals surface area contributed by atoms with Gasteiger partial charge in [-0.2, -0.15) is 10.1 Å². The SMILES string of the molecule is CCCc1noc(C(C)OC(=O)CCn2nc(C)cc2C)n1. The van der Waals surface area contributed by atoms with Crippen LogP contribution in [-0.4, -0.2) is 25.9 Å². The van der Waals surface area contributed by atoms with E-state index in [4.69, 9.17) is 9.26 Å². The molecule has 1 atom stereocenters. The number of esters is 1. The molecule has 0 aromatic carbocycles. The predicted molar refractivity (Wildman–Crippen MR) is 79.1 cm³/mol. The maximum Gasteiger partial charge on any atom is 0.308 e. The van der Waals surface area contributed by atoms with Gasteiger partial charge in [-0.15, -0.1) is 0 Å². The molecule has 0 amide bonds. The topological polar surface area (TPSA) is 83.0 Å². The van der Waals surface area contributed by atoms with Crippen molar-refractivity contribution in [2.75, 3.05) is 0 Å². The van der Waals surface area contributed by atoms with Crippen LogP contribution in [0.4, 0.5) is 0 Å². The lowest BCUT2D eigenvalue weighted by atomic mass is 10.3. The molecule has 0 aliphatic heterocycles. The van der Waals surface area contributed by atoms with E-state index in [9.17, 15) is 4.79 Å². The zero-order chi connectivity index (χ0) is 16.1. The van der Waals surface area contributed by atoms with Crippen molar-refractivity contribution in [1.82, 2.24) is 19.9 Å². The molecule has 0 spiro atoms. The normalized spacial score (nSPS) is 12.4. The number of hydrogen-bond acceptors (Lipinski definition) is 6. The molecule has 0 radical (unpaired) electrons. The van der Waals surface area contributed by atoms with Crippen molar-refractivity contribution in [2.24, 2.45) is 0 Å². The van der Waals surface area contributed by atoms with Gasteiger partial charge in [0.05, 0.1) is 18.7 Å². The zero-order valence-electron chi connectivity index (χ0n) is 13.5. The lowest BCUT2D eigenvalue weighted by Crippen LogP contribution is -2.13. The molecule has 0 saturated carbocycles. The van der Waals surface area contributed by atoms with Crippen molar-refractivity contribution in [3.63, 3.8) is 0 Å². The van der Waals surface area contributed by atoms with Crippen LogP contribution in [0.2, 0.25) is 0 Å². The molecule has 2 rings (SSSR count). The molecule has 7 nitrogen and oxygen atoms in total. The van der Waals surface area contributed by atoms with Gasteiger partial charge in [0.15, 0.2) is 11.9 Å². The van der Waals surface area contributed by atoms with Gasteiger partial charge < -0.3 is 9.26 Å². The molecule has 0 aliphatic carbocycles. The highest BCUT2D eigenvalue weighted by molar-refractivity contribution is 5.69. The molecular formula is C15H22N4O3. The number of aryl methyl sites for hydroxylation is 4. The van der Waals surface area contributed by atoms with Crippen LogP contribution in [0, 0.1) is 13.8 Å². The fourth-order valence-corrected chi connectivity index (χ4v) is 2.16. The van der Waals surface area contributed by atoms with E-state index in [-0.39, 0.29) is 12.4 Å². The van der Waals surface area contributed by atoms with Gasteiger partial charge in [0.2, 0.25) is 0 Å². The molecule has 0 N–H and O–H groups in total. The summed E-state index contributed by atoms with van der Waals surface area (Å²) in [6.07, 6.45) is 1.41. The lowest BCUT2D eigenvalue weighted by Gasteiger charge is -2.09. The third-order valence-corrected chi connectivity index (χ3v) is 3.24. The van der Waals surface area contributed by atoms with Crippen LogP contribution in [0.3, 0.4) is 0 Å².